The van der Waals surface area contributed by atoms with Crippen LogP contribution in [0, 0.1) is 5.92 Å². The molecule has 2 aliphatic rings. The number of halogens is 3. The van der Waals surface area contributed by atoms with Crippen molar-refractivity contribution in [2.45, 2.75) is 30.6 Å². The van der Waals surface area contributed by atoms with Crippen molar-refractivity contribution in [2.75, 3.05) is 18.4 Å². The van der Waals surface area contributed by atoms with Crippen molar-refractivity contribution in [1.82, 2.24) is 9.62 Å². The monoisotopic (exact) mass is 483 g/mol. The first kappa shape index (κ1) is 23.1. The van der Waals surface area contributed by atoms with Crippen LogP contribution in [0.15, 0.2) is 47.4 Å². The molecule has 4 rings (SSSR count). The first-order valence-corrected chi connectivity index (χ1v) is 11.5. The topological polar surface area (TPSA) is 105 Å². The van der Waals surface area contributed by atoms with E-state index < -0.39 is 28.1 Å². The number of nitrogens with one attached hydrogen (secondary N) is 2. The van der Waals surface area contributed by atoms with Gasteiger partial charge < -0.3 is 15.4 Å². The number of piperidine rings is 1. The van der Waals surface area contributed by atoms with Crippen LogP contribution in [0.2, 0.25) is 0 Å². The molecule has 2 aromatic carbocycles. The summed E-state index contributed by atoms with van der Waals surface area (Å²) in [5.41, 5.74) is 1.83. The summed E-state index contributed by atoms with van der Waals surface area (Å²) in [5, 5.41) is 5.46. The largest absolute Gasteiger partial charge is 0.573 e. The number of hydrogen-bond acceptors (Lipinski definition) is 5. The van der Waals surface area contributed by atoms with Crippen LogP contribution in [-0.4, -0.2) is 44.0 Å². The van der Waals surface area contributed by atoms with Crippen LogP contribution in [0.3, 0.4) is 0 Å². The van der Waals surface area contributed by atoms with Gasteiger partial charge in [0.1, 0.15) is 5.75 Å². The lowest BCUT2D eigenvalue weighted by molar-refractivity contribution is -0.274. The van der Waals surface area contributed by atoms with Crippen molar-refractivity contribution >= 4 is 27.5 Å². The normalized spacial score (nSPS) is 17.4. The molecule has 0 bridgehead atoms. The van der Waals surface area contributed by atoms with Crippen molar-refractivity contribution in [3.05, 3.63) is 53.6 Å². The third-order valence-electron chi connectivity index (χ3n) is 5.56. The summed E-state index contributed by atoms with van der Waals surface area (Å²) in [6, 6.07) is 9.27. The third-order valence-corrected chi connectivity index (χ3v) is 7.46. The number of ether oxygens (including phenoxy) is 1. The Labute approximate surface area is 187 Å². The lowest BCUT2D eigenvalue weighted by atomic mass is 9.97. The van der Waals surface area contributed by atoms with Gasteiger partial charge in [-0.15, -0.1) is 13.2 Å². The SMILES string of the molecule is O=C1NCc2ccc(NC(=O)C3CCN(S(=O)(=O)c4cccc(OC(F)(F)F)c4)CC3)cc21. The predicted octanol–water partition coefficient (Wildman–Crippen LogP) is 2.87. The molecule has 0 aliphatic carbocycles. The molecule has 12 heteroatoms. The summed E-state index contributed by atoms with van der Waals surface area (Å²) < 4.78 is 68.0. The smallest absolute Gasteiger partial charge is 0.406 e. The number of carbonyl (C=O) groups is 2. The van der Waals surface area contributed by atoms with Gasteiger partial charge in [-0.05, 0) is 42.7 Å². The standard InChI is InChI=1S/C21H20F3N3O5S/c22-21(23,24)32-16-2-1-3-17(11-16)33(30,31)27-8-6-13(7-9-27)19(28)26-15-5-4-14-12-25-20(29)18(14)10-15/h1-5,10-11,13H,6-9,12H2,(H,25,29)(H,26,28). The summed E-state index contributed by atoms with van der Waals surface area (Å²) in [4.78, 5) is 24.1. The van der Waals surface area contributed by atoms with Gasteiger partial charge in [-0.3, -0.25) is 9.59 Å². The van der Waals surface area contributed by atoms with Crippen LogP contribution in [0.1, 0.15) is 28.8 Å². The molecule has 176 valence electrons. The quantitative estimate of drug-likeness (QED) is 0.681. The molecule has 1 saturated heterocycles. The Kier molecular flexibility index (Phi) is 6.06. The number of sulfonamides is 1. The molecule has 0 saturated carbocycles. The molecule has 0 spiro atoms. The maximum absolute atomic E-state index is 12.9. The second kappa shape index (κ2) is 8.67. The van der Waals surface area contributed by atoms with E-state index in [1.807, 2.05) is 0 Å². The molecular formula is C21H20F3N3O5S. The maximum atomic E-state index is 12.9. The Morgan fingerprint density at radius 1 is 1.12 bits per heavy atom. The summed E-state index contributed by atoms with van der Waals surface area (Å²) in [6.45, 7) is 0.523. The van der Waals surface area contributed by atoms with Crippen LogP contribution in [0.5, 0.6) is 5.75 Å². The number of rotatable bonds is 5. The molecular weight excluding hydrogens is 463 g/mol. The van der Waals surface area contributed by atoms with Crippen molar-refractivity contribution < 1.29 is 35.9 Å². The molecule has 2 heterocycles. The molecule has 1 fully saturated rings. The zero-order valence-electron chi connectivity index (χ0n) is 17.2. The van der Waals surface area contributed by atoms with E-state index in [0.29, 0.717) is 17.8 Å². The first-order chi connectivity index (χ1) is 15.5. The number of amides is 2. The van der Waals surface area contributed by atoms with Crippen LogP contribution in [0.25, 0.3) is 0 Å². The fourth-order valence-electron chi connectivity index (χ4n) is 3.87. The average Bonchev–Trinajstić information content (AvgIpc) is 3.13. The average molecular weight is 483 g/mol. The van der Waals surface area contributed by atoms with Gasteiger partial charge in [0.25, 0.3) is 5.91 Å². The van der Waals surface area contributed by atoms with Crippen LogP contribution < -0.4 is 15.4 Å². The zero-order valence-corrected chi connectivity index (χ0v) is 18.0. The minimum atomic E-state index is -4.93. The molecule has 33 heavy (non-hydrogen) atoms. The van der Waals surface area contributed by atoms with E-state index in [-0.39, 0.29) is 42.6 Å². The predicted molar refractivity (Wildman–Crippen MR) is 111 cm³/mol. The Hall–Kier alpha value is -3.12. The Morgan fingerprint density at radius 3 is 2.55 bits per heavy atom. The lowest BCUT2D eigenvalue weighted by Crippen LogP contribution is -2.41. The van der Waals surface area contributed by atoms with Gasteiger partial charge in [0.15, 0.2) is 0 Å². The van der Waals surface area contributed by atoms with Gasteiger partial charge in [-0.25, -0.2) is 8.42 Å². The van der Waals surface area contributed by atoms with E-state index in [2.05, 4.69) is 15.4 Å². The number of nitrogens with zero attached hydrogens (tertiary/aromatic N) is 1. The van der Waals surface area contributed by atoms with Crippen molar-refractivity contribution in [2.24, 2.45) is 5.92 Å². The van der Waals surface area contributed by atoms with E-state index in [9.17, 15) is 31.2 Å². The minimum Gasteiger partial charge on any atom is -0.406 e. The summed E-state index contributed by atoms with van der Waals surface area (Å²) in [7, 11) is -4.05. The summed E-state index contributed by atoms with van der Waals surface area (Å²) >= 11 is 0. The molecule has 2 aliphatic heterocycles. The van der Waals surface area contributed by atoms with Gasteiger partial charge in [-0.2, -0.15) is 4.31 Å². The molecule has 2 amide bonds. The number of anilines is 1. The molecule has 0 radical (unpaired) electrons. The van der Waals surface area contributed by atoms with Crippen molar-refractivity contribution in [1.29, 1.82) is 0 Å². The van der Waals surface area contributed by atoms with Gasteiger partial charge in [0.05, 0.1) is 4.90 Å². The fraction of sp³-hybridized carbons (Fsp3) is 0.333. The van der Waals surface area contributed by atoms with Crippen LogP contribution in [-0.2, 0) is 21.4 Å². The number of alkyl halides is 3. The zero-order chi connectivity index (χ0) is 23.8. The Morgan fingerprint density at radius 2 is 1.85 bits per heavy atom. The molecule has 0 atom stereocenters. The summed E-state index contributed by atoms with van der Waals surface area (Å²) in [5.74, 6) is -1.56. The van der Waals surface area contributed by atoms with Gasteiger partial charge in [-0.1, -0.05) is 12.1 Å². The first-order valence-electron chi connectivity index (χ1n) is 10.1. The molecule has 0 aromatic heterocycles. The molecule has 2 N–H and O–H groups in total. The second-order valence-corrected chi connectivity index (χ2v) is 9.68. The minimum absolute atomic E-state index is 0.0391. The molecule has 8 nitrogen and oxygen atoms in total. The molecule has 2 aromatic rings. The fourth-order valence-corrected chi connectivity index (χ4v) is 5.38. The maximum Gasteiger partial charge on any atom is 0.573 e. The highest BCUT2D eigenvalue weighted by atomic mass is 32.2. The van der Waals surface area contributed by atoms with E-state index in [1.165, 1.54) is 12.1 Å². The lowest BCUT2D eigenvalue weighted by Gasteiger charge is -2.30. The van der Waals surface area contributed by atoms with E-state index >= 15 is 0 Å². The van der Waals surface area contributed by atoms with Gasteiger partial charge >= 0.3 is 6.36 Å². The second-order valence-electron chi connectivity index (χ2n) is 7.74. The van der Waals surface area contributed by atoms with Crippen LogP contribution >= 0.6 is 0 Å². The molecule has 0 unspecified atom stereocenters. The number of fused-ring (bicyclic) bond motifs is 1. The Balaban J connectivity index is 1.38. The highest BCUT2D eigenvalue weighted by Crippen LogP contribution is 2.29. The number of benzene rings is 2. The highest BCUT2D eigenvalue weighted by Gasteiger charge is 2.34. The van der Waals surface area contributed by atoms with Crippen molar-refractivity contribution in [3.8, 4) is 5.75 Å². The van der Waals surface area contributed by atoms with Crippen LogP contribution in [0.4, 0.5) is 18.9 Å². The number of hydrogen-bond donors (Lipinski definition) is 2. The number of carbonyl (C=O) groups excluding carboxylic acids is 2. The Bertz CT molecular complexity index is 1190. The van der Waals surface area contributed by atoms with Gasteiger partial charge in [0, 0.05) is 42.9 Å². The van der Waals surface area contributed by atoms with Crippen molar-refractivity contribution in [3.63, 3.8) is 0 Å². The van der Waals surface area contributed by atoms with E-state index in [0.717, 1.165) is 22.0 Å². The van der Waals surface area contributed by atoms with E-state index in [1.54, 1.807) is 18.2 Å². The highest BCUT2D eigenvalue weighted by molar-refractivity contribution is 7.89. The summed E-state index contributed by atoms with van der Waals surface area (Å²) in [6.07, 6.45) is -4.44. The van der Waals surface area contributed by atoms with E-state index in [4.69, 9.17) is 0 Å². The third kappa shape index (κ3) is 5.11. The van der Waals surface area contributed by atoms with Gasteiger partial charge in [0.2, 0.25) is 15.9 Å².